The summed E-state index contributed by atoms with van der Waals surface area (Å²) in [6.07, 6.45) is 0.702. The average molecular weight is 515 g/mol. The number of benzene rings is 3. The zero-order valence-corrected chi connectivity index (χ0v) is 21.3. The number of anilines is 1. The molecule has 0 spiro atoms. The van der Waals surface area contributed by atoms with Crippen molar-refractivity contribution in [3.05, 3.63) is 99.0 Å². The molecule has 1 aliphatic rings. The molecule has 7 nitrogen and oxygen atoms in total. The number of carboxylic acid groups (broad SMARTS) is 1. The summed E-state index contributed by atoms with van der Waals surface area (Å²) in [7, 11) is 1.71. The van der Waals surface area contributed by atoms with E-state index in [2.05, 4.69) is 5.32 Å². The van der Waals surface area contributed by atoms with Gasteiger partial charge in [-0.05, 0) is 64.7 Å². The number of hydrogen-bond donors (Lipinski definition) is 2. The van der Waals surface area contributed by atoms with Crippen LogP contribution in [-0.2, 0) is 28.6 Å². The smallest absolute Gasteiger partial charge is 0.413 e. The van der Waals surface area contributed by atoms with Crippen LogP contribution in [0.5, 0.6) is 0 Å². The Bertz CT molecular complexity index is 1530. The number of aliphatic carboxylic acids is 1. The van der Waals surface area contributed by atoms with Crippen LogP contribution < -0.4 is 10.1 Å². The first kappa shape index (κ1) is 24.5. The molecule has 188 valence electrons. The molecule has 0 saturated heterocycles. The molecule has 1 amide bonds. The van der Waals surface area contributed by atoms with Gasteiger partial charge in [0.05, 0.1) is 11.0 Å². The zero-order chi connectivity index (χ0) is 26.2. The van der Waals surface area contributed by atoms with Gasteiger partial charge in [0.1, 0.15) is 12.4 Å². The quantitative estimate of drug-likeness (QED) is 0.317. The lowest BCUT2D eigenvalue weighted by Gasteiger charge is -2.12. The van der Waals surface area contributed by atoms with Gasteiger partial charge in [0.25, 0.3) is 4.74 Å². The molecule has 0 bridgehead atoms. The van der Waals surface area contributed by atoms with Crippen molar-refractivity contribution in [3.8, 4) is 22.3 Å². The Morgan fingerprint density at radius 3 is 2.16 bits per heavy atom. The standard InChI is InChI=1S/C29H26N2O5S/c1-18-5-3-4-6-22(18)17-36-28(35)30-25-24(26(32)37-31(25)2)21-9-7-19(8-10-21)20-11-13-23(14-12-20)29(15-16-29)27(33)34/h3-14H,15-17H2,1-2H3,(H,30,35)(H,33,34). The molecule has 1 fully saturated rings. The number of hydrogen-bond acceptors (Lipinski definition) is 5. The molecule has 8 heteroatoms. The minimum Gasteiger partial charge on any atom is -0.481 e. The monoisotopic (exact) mass is 514 g/mol. The summed E-state index contributed by atoms with van der Waals surface area (Å²) in [5.41, 5.74) is 5.01. The Hall–Kier alpha value is -4.17. The molecule has 1 saturated carbocycles. The molecule has 37 heavy (non-hydrogen) atoms. The Morgan fingerprint density at radius 1 is 0.973 bits per heavy atom. The van der Waals surface area contributed by atoms with Crippen LogP contribution in [0.2, 0.25) is 0 Å². The second-order valence-corrected chi connectivity index (χ2v) is 10.4. The largest absolute Gasteiger partial charge is 0.481 e. The van der Waals surface area contributed by atoms with Crippen molar-refractivity contribution in [1.29, 1.82) is 0 Å². The first-order valence-electron chi connectivity index (χ1n) is 11.9. The summed E-state index contributed by atoms with van der Waals surface area (Å²) in [6, 6.07) is 22.8. The van der Waals surface area contributed by atoms with Crippen LogP contribution in [0.3, 0.4) is 0 Å². The number of nitrogens with one attached hydrogen (secondary N) is 1. The van der Waals surface area contributed by atoms with Crippen molar-refractivity contribution in [2.45, 2.75) is 31.8 Å². The molecular weight excluding hydrogens is 488 g/mol. The van der Waals surface area contributed by atoms with Crippen molar-refractivity contribution in [2.24, 2.45) is 7.05 Å². The minimum atomic E-state index is -0.773. The molecule has 1 aliphatic carbocycles. The Kier molecular flexibility index (Phi) is 6.43. The fraction of sp³-hybridized carbons (Fsp3) is 0.207. The highest BCUT2D eigenvalue weighted by molar-refractivity contribution is 7.04. The number of nitrogens with zero attached hydrogens (tertiary/aromatic N) is 1. The lowest BCUT2D eigenvalue weighted by molar-refractivity contribution is -0.140. The van der Waals surface area contributed by atoms with Gasteiger partial charge in [-0.1, -0.05) is 72.8 Å². The van der Waals surface area contributed by atoms with Gasteiger partial charge in [0.15, 0.2) is 0 Å². The molecule has 1 aromatic heterocycles. The van der Waals surface area contributed by atoms with Gasteiger partial charge in [-0.15, -0.1) is 0 Å². The number of aromatic nitrogens is 1. The van der Waals surface area contributed by atoms with Crippen LogP contribution in [0.1, 0.15) is 29.5 Å². The summed E-state index contributed by atoms with van der Waals surface area (Å²) in [5, 5.41) is 12.2. The third kappa shape index (κ3) is 4.80. The molecule has 3 aromatic carbocycles. The summed E-state index contributed by atoms with van der Waals surface area (Å²) in [5.74, 6) is -0.393. The lowest BCUT2D eigenvalue weighted by Crippen LogP contribution is -2.19. The number of amides is 1. The van der Waals surface area contributed by atoms with E-state index in [1.54, 1.807) is 11.0 Å². The van der Waals surface area contributed by atoms with Crippen molar-refractivity contribution in [3.63, 3.8) is 0 Å². The number of ether oxygens (including phenoxy) is 1. The van der Waals surface area contributed by atoms with E-state index >= 15 is 0 Å². The number of aryl methyl sites for hydroxylation is 2. The SMILES string of the molecule is Cc1ccccc1COC(=O)Nc1c(-c2ccc(-c3ccc(C4(C(=O)O)CC4)cc3)cc2)c(=O)sn1C. The van der Waals surface area contributed by atoms with Crippen molar-refractivity contribution >= 4 is 29.4 Å². The maximum Gasteiger partial charge on any atom is 0.413 e. The van der Waals surface area contributed by atoms with Crippen molar-refractivity contribution < 1.29 is 19.4 Å². The molecule has 1 heterocycles. The van der Waals surface area contributed by atoms with Gasteiger partial charge in [0.2, 0.25) is 0 Å². The second-order valence-electron chi connectivity index (χ2n) is 9.27. The van der Waals surface area contributed by atoms with E-state index in [4.69, 9.17) is 4.74 Å². The fourth-order valence-corrected chi connectivity index (χ4v) is 5.26. The van der Waals surface area contributed by atoms with Crippen LogP contribution in [0.4, 0.5) is 10.6 Å². The van der Waals surface area contributed by atoms with Gasteiger partial charge in [-0.2, -0.15) is 0 Å². The Balaban J connectivity index is 1.33. The molecule has 0 radical (unpaired) electrons. The molecule has 4 aromatic rings. The van der Waals surface area contributed by atoms with E-state index in [9.17, 15) is 19.5 Å². The van der Waals surface area contributed by atoms with E-state index < -0.39 is 17.5 Å². The average Bonchev–Trinajstić information content (AvgIpc) is 3.66. The predicted octanol–water partition coefficient (Wildman–Crippen LogP) is 5.95. The summed E-state index contributed by atoms with van der Waals surface area (Å²) in [4.78, 5) is 36.9. The van der Waals surface area contributed by atoms with Crippen LogP contribution in [-0.4, -0.2) is 21.1 Å². The molecule has 0 atom stereocenters. The van der Waals surface area contributed by atoms with Crippen molar-refractivity contribution in [1.82, 2.24) is 3.96 Å². The van der Waals surface area contributed by atoms with Crippen LogP contribution in [0.25, 0.3) is 22.3 Å². The van der Waals surface area contributed by atoms with Gasteiger partial charge < -0.3 is 9.84 Å². The van der Waals surface area contributed by atoms with E-state index in [1.807, 2.05) is 79.7 Å². The van der Waals surface area contributed by atoms with Crippen LogP contribution >= 0.6 is 11.5 Å². The van der Waals surface area contributed by atoms with Gasteiger partial charge in [-0.25, -0.2) is 4.79 Å². The highest BCUT2D eigenvalue weighted by Gasteiger charge is 2.51. The number of carbonyl (C=O) groups excluding carboxylic acids is 1. The van der Waals surface area contributed by atoms with E-state index in [-0.39, 0.29) is 11.3 Å². The highest BCUT2D eigenvalue weighted by Crippen LogP contribution is 2.48. The molecule has 0 aliphatic heterocycles. The number of carbonyl (C=O) groups is 2. The molecular formula is C29H26N2O5S. The van der Waals surface area contributed by atoms with E-state index in [0.717, 1.165) is 39.3 Å². The van der Waals surface area contributed by atoms with Crippen LogP contribution in [0.15, 0.2) is 77.6 Å². The minimum absolute atomic E-state index is 0.132. The highest BCUT2D eigenvalue weighted by atomic mass is 32.1. The molecule has 2 N–H and O–H groups in total. The first-order chi connectivity index (χ1) is 17.8. The Labute approximate surface area is 218 Å². The lowest BCUT2D eigenvalue weighted by atomic mass is 9.93. The molecule has 5 rings (SSSR count). The van der Waals surface area contributed by atoms with Crippen LogP contribution in [0, 0.1) is 6.92 Å². The van der Waals surface area contributed by atoms with Gasteiger partial charge in [-0.3, -0.25) is 18.9 Å². The van der Waals surface area contributed by atoms with Gasteiger partial charge >= 0.3 is 12.1 Å². The van der Waals surface area contributed by atoms with Crippen molar-refractivity contribution in [2.75, 3.05) is 5.32 Å². The molecule has 0 unspecified atom stereocenters. The topological polar surface area (TPSA) is 97.6 Å². The van der Waals surface area contributed by atoms with E-state index in [0.29, 0.717) is 29.8 Å². The summed E-state index contributed by atoms with van der Waals surface area (Å²) >= 11 is 1.01. The normalized spacial score (nSPS) is 13.7. The maximum atomic E-state index is 12.8. The van der Waals surface area contributed by atoms with E-state index in [1.165, 1.54) is 0 Å². The zero-order valence-electron chi connectivity index (χ0n) is 20.5. The third-order valence-corrected chi connectivity index (χ3v) is 7.75. The third-order valence-electron chi connectivity index (χ3n) is 6.92. The first-order valence-corrected chi connectivity index (χ1v) is 12.7. The summed E-state index contributed by atoms with van der Waals surface area (Å²) in [6.45, 7) is 2.09. The number of rotatable bonds is 7. The Morgan fingerprint density at radius 2 is 1.57 bits per heavy atom. The maximum absolute atomic E-state index is 12.8. The second kappa shape index (κ2) is 9.71. The fourth-order valence-electron chi connectivity index (χ4n) is 4.48. The predicted molar refractivity (Wildman–Crippen MR) is 144 cm³/mol. The number of carboxylic acids is 1. The summed E-state index contributed by atoms with van der Waals surface area (Å²) < 4.78 is 6.85. The van der Waals surface area contributed by atoms with Gasteiger partial charge in [0, 0.05) is 7.05 Å².